The van der Waals surface area contributed by atoms with Gasteiger partial charge in [-0.1, -0.05) is 18.2 Å². The smallest absolute Gasteiger partial charge is 0.339 e. The number of aryl methyl sites for hydroxylation is 1. The van der Waals surface area contributed by atoms with Gasteiger partial charge in [-0.2, -0.15) is 0 Å². The van der Waals surface area contributed by atoms with Crippen molar-refractivity contribution in [1.82, 2.24) is 4.57 Å². The van der Waals surface area contributed by atoms with Crippen LogP contribution in [-0.4, -0.2) is 10.5 Å². The Morgan fingerprint density at radius 1 is 1.23 bits per heavy atom. The molecule has 0 unspecified atom stereocenters. The van der Waals surface area contributed by atoms with Gasteiger partial charge in [0.25, 0.3) is 5.56 Å². The van der Waals surface area contributed by atoms with Crippen LogP contribution in [0, 0.1) is 0 Å². The Kier molecular flexibility index (Phi) is 3.55. The largest absolute Gasteiger partial charge is 0.457 e. The maximum Gasteiger partial charge on any atom is 0.339 e. The predicted molar refractivity (Wildman–Crippen MR) is 81.7 cm³/mol. The van der Waals surface area contributed by atoms with Gasteiger partial charge in [0, 0.05) is 24.7 Å². The zero-order chi connectivity index (χ0) is 15.7. The van der Waals surface area contributed by atoms with E-state index in [0.29, 0.717) is 5.76 Å². The highest BCUT2D eigenvalue weighted by Gasteiger charge is 2.17. The fraction of sp³-hybridized carbons (Fsp3) is 0.176. The lowest BCUT2D eigenvalue weighted by molar-refractivity contribution is 0.0294. The van der Waals surface area contributed by atoms with Crippen molar-refractivity contribution in [2.75, 3.05) is 0 Å². The molecule has 0 aliphatic rings. The quantitative estimate of drug-likeness (QED) is 0.697. The summed E-state index contributed by atoms with van der Waals surface area (Å²) in [4.78, 5) is 23.6. The monoisotopic (exact) mass is 297 g/mol. The summed E-state index contributed by atoms with van der Waals surface area (Å²) in [7, 11) is 1.62. The lowest BCUT2D eigenvalue weighted by atomic mass is 10.2. The van der Waals surface area contributed by atoms with E-state index in [1.807, 2.05) is 30.3 Å². The van der Waals surface area contributed by atoms with E-state index < -0.39 is 12.1 Å². The molecule has 0 aliphatic carbocycles. The number of carbonyl (C=O) groups is 1. The fourth-order valence-electron chi connectivity index (χ4n) is 2.16. The summed E-state index contributed by atoms with van der Waals surface area (Å²) in [5.41, 5.74) is 0.714. The van der Waals surface area contributed by atoms with Crippen molar-refractivity contribution in [2.45, 2.75) is 13.0 Å². The average Bonchev–Trinajstić information content (AvgIpc) is 2.94. The number of benzene rings is 1. The molecule has 5 nitrogen and oxygen atoms in total. The molecule has 0 aliphatic heterocycles. The second-order valence-electron chi connectivity index (χ2n) is 5.10. The Morgan fingerprint density at radius 3 is 2.73 bits per heavy atom. The molecule has 2 aromatic heterocycles. The van der Waals surface area contributed by atoms with Crippen molar-refractivity contribution < 1.29 is 13.9 Å². The van der Waals surface area contributed by atoms with Crippen LogP contribution in [-0.2, 0) is 11.8 Å². The number of ether oxygens (including phenoxy) is 1. The highest BCUT2D eigenvalue weighted by atomic mass is 16.6. The van der Waals surface area contributed by atoms with Crippen molar-refractivity contribution in [3.8, 4) is 0 Å². The zero-order valence-corrected chi connectivity index (χ0v) is 12.3. The minimum Gasteiger partial charge on any atom is -0.457 e. The summed E-state index contributed by atoms with van der Waals surface area (Å²) < 4.78 is 12.4. The van der Waals surface area contributed by atoms with Crippen LogP contribution >= 0.6 is 0 Å². The Labute approximate surface area is 126 Å². The van der Waals surface area contributed by atoms with E-state index in [-0.39, 0.29) is 11.1 Å². The summed E-state index contributed by atoms with van der Waals surface area (Å²) in [6.07, 6.45) is 0.995. The van der Waals surface area contributed by atoms with Gasteiger partial charge in [-0.25, -0.2) is 4.79 Å². The van der Waals surface area contributed by atoms with Gasteiger partial charge < -0.3 is 13.7 Å². The summed E-state index contributed by atoms with van der Waals surface area (Å²) in [6.45, 7) is 1.73. The molecule has 2 heterocycles. The topological polar surface area (TPSA) is 61.4 Å². The number of para-hydroxylation sites is 1. The molecular formula is C17H15NO4. The molecule has 0 saturated heterocycles. The van der Waals surface area contributed by atoms with Crippen LogP contribution < -0.4 is 5.56 Å². The molecule has 22 heavy (non-hydrogen) atoms. The first-order valence-corrected chi connectivity index (χ1v) is 6.91. The average molecular weight is 297 g/mol. The molecule has 3 rings (SSSR count). The molecule has 3 aromatic rings. The summed E-state index contributed by atoms with van der Waals surface area (Å²) in [5, 5.41) is 0.953. The van der Waals surface area contributed by atoms with Crippen LogP contribution in [0.5, 0.6) is 0 Å². The number of carbonyl (C=O) groups excluding carboxylic acids is 1. The predicted octanol–water partition coefficient (Wildman–Crippen LogP) is 3.05. The number of fused-ring (bicyclic) bond motifs is 1. The van der Waals surface area contributed by atoms with Crippen LogP contribution in [0.4, 0.5) is 0 Å². The third-order valence-corrected chi connectivity index (χ3v) is 3.47. The molecule has 112 valence electrons. The summed E-state index contributed by atoms with van der Waals surface area (Å²) in [6, 6.07) is 12.2. The van der Waals surface area contributed by atoms with Gasteiger partial charge in [0.1, 0.15) is 11.3 Å². The lowest BCUT2D eigenvalue weighted by Crippen LogP contribution is -2.18. The maximum atomic E-state index is 12.1. The number of rotatable bonds is 3. The van der Waals surface area contributed by atoms with Crippen LogP contribution in [0.1, 0.15) is 29.1 Å². The molecular weight excluding hydrogens is 282 g/mol. The van der Waals surface area contributed by atoms with Crippen molar-refractivity contribution in [3.63, 3.8) is 0 Å². The second-order valence-corrected chi connectivity index (χ2v) is 5.10. The highest BCUT2D eigenvalue weighted by molar-refractivity contribution is 5.89. The Balaban J connectivity index is 1.80. The van der Waals surface area contributed by atoms with E-state index in [2.05, 4.69) is 0 Å². The van der Waals surface area contributed by atoms with E-state index in [4.69, 9.17) is 9.15 Å². The molecule has 1 aromatic carbocycles. The second kappa shape index (κ2) is 5.52. The molecule has 1 atom stereocenters. The number of pyridine rings is 1. The maximum absolute atomic E-state index is 12.1. The Morgan fingerprint density at radius 2 is 2.00 bits per heavy atom. The number of furan rings is 1. The van der Waals surface area contributed by atoms with Crippen molar-refractivity contribution in [3.05, 3.63) is 70.3 Å². The van der Waals surface area contributed by atoms with E-state index in [1.54, 1.807) is 20.0 Å². The molecule has 0 fully saturated rings. The van der Waals surface area contributed by atoms with Crippen LogP contribution in [0.3, 0.4) is 0 Å². The van der Waals surface area contributed by atoms with Gasteiger partial charge in [0.15, 0.2) is 6.10 Å². The highest BCUT2D eigenvalue weighted by Crippen LogP contribution is 2.26. The number of hydrogen-bond acceptors (Lipinski definition) is 4. The zero-order valence-electron chi connectivity index (χ0n) is 12.3. The van der Waals surface area contributed by atoms with E-state index in [0.717, 1.165) is 11.0 Å². The number of aromatic nitrogens is 1. The number of hydrogen-bond donors (Lipinski definition) is 0. The molecule has 0 spiro atoms. The number of esters is 1. The normalized spacial score (nSPS) is 12.3. The van der Waals surface area contributed by atoms with Gasteiger partial charge in [0.05, 0.1) is 5.56 Å². The molecule has 5 heteroatoms. The lowest BCUT2D eigenvalue weighted by Gasteiger charge is -2.10. The third kappa shape index (κ3) is 2.65. The molecule has 0 amide bonds. The van der Waals surface area contributed by atoms with Crippen LogP contribution in [0.2, 0.25) is 0 Å². The van der Waals surface area contributed by atoms with Crippen molar-refractivity contribution in [2.24, 2.45) is 7.05 Å². The molecule has 0 radical (unpaired) electrons. The standard InChI is InChI=1S/C17H15NO4/c1-11(15-9-12-5-3-4-6-14(12)22-15)21-17(20)13-7-8-18(2)16(19)10-13/h3-11H,1-2H3/t11-/m0/s1. The third-order valence-electron chi connectivity index (χ3n) is 3.47. The van der Waals surface area contributed by atoms with Gasteiger partial charge in [-0.05, 0) is 25.1 Å². The van der Waals surface area contributed by atoms with E-state index in [1.165, 1.54) is 16.8 Å². The minimum atomic E-state index is -0.550. The van der Waals surface area contributed by atoms with Crippen LogP contribution in [0.25, 0.3) is 11.0 Å². The van der Waals surface area contributed by atoms with E-state index >= 15 is 0 Å². The first-order chi connectivity index (χ1) is 10.5. The SMILES string of the molecule is C[C@H](OC(=O)c1ccn(C)c(=O)c1)c1cc2ccccc2o1. The van der Waals surface area contributed by atoms with Crippen LogP contribution in [0.15, 0.2) is 57.9 Å². The molecule has 0 N–H and O–H groups in total. The summed E-state index contributed by atoms with van der Waals surface area (Å²) in [5.74, 6) is 0.0176. The Hall–Kier alpha value is -2.82. The van der Waals surface area contributed by atoms with Gasteiger partial charge in [0.2, 0.25) is 0 Å². The molecule has 0 saturated carbocycles. The van der Waals surface area contributed by atoms with Crippen molar-refractivity contribution in [1.29, 1.82) is 0 Å². The Bertz CT molecular complexity index is 858. The summed E-state index contributed by atoms with van der Waals surface area (Å²) >= 11 is 0. The fourth-order valence-corrected chi connectivity index (χ4v) is 2.16. The van der Waals surface area contributed by atoms with Gasteiger partial charge in [-0.15, -0.1) is 0 Å². The first kappa shape index (κ1) is 14.1. The van der Waals surface area contributed by atoms with Gasteiger partial charge in [-0.3, -0.25) is 4.79 Å². The first-order valence-electron chi connectivity index (χ1n) is 6.91. The molecule has 0 bridgehead atoms. The van der Waals surface area contributed by atoms with E-state index in [9.17, 15) is 9.59 Å². The van der Waals surface area contributed by atoms with Crippen molar-refractivity contribution >= 4 is 16.9 Å². The number of nitrogens with zero attached hydrogens (tertiary/aromatic N) is 1. The van der Waals surface area contributed by atoms with Gasteiger partial charge >= 0.3 is 5.97 Å². The minimum absolute atomic E-state index is 0.228.